The summed E-state index contributed by atoms with van der Waals surface area (Å²) in [6.45, 7) is 0. The predicted molar refractivity (Wildman–Crippen MR) is 58.7 cm³/mol. The van der Waals surface area contributed by atoms with Gasteiger partial charge in [0, 0.05) is 5.56 Å². The number of rotatable bonds is 2. The van der Waals surface area contributed by atoms with Gasteiger partial charge in [-0.25, -0.2) is 0 Å². The van der Waals surface area contributed by atoms with Gasteiger partial charge in [-0.3, -0.25) is 5.43 Å². The zero-order valence-corrected chi connectivity index (χ0v) is 8.08. The van der Waals surface area contributed by atoms with Crippen molar-refractivity contribution in [2.45, 2.75) is 0 Å². The molecule has 4 nitrogen and oxygen atoms in total. The second-order valence-electron chi connectivity index (χ2n) is 2.43. The van der Waals surface area contributed by atoms with Crippen molar-refractivity contribution in [3.8, 4) is 6.07 Å². The molecule has 0 aromatic heterocycles. The molecule has 0 bridgehead atoms. The van der Waals surface area contributed by atoms with Crippen molar-refractivity contribution < 1.29 is 0 Å². The molecule has 0 fully saturated rings. The molecule has 0 aliphatic rings. The molecule has 1 aromatic carbocycles. The van der Waals surface area contributed by atoms with Crippen molar-refractivity contribution in [2.24, 2.45) is 10.8 Å². The Morgan fingerprint density at radius 3 is 2.93 bits per heavy atom. The third-order valence-corrected chi connectivity index (χ3v) is 1.55. The highest BCUT2D eigenvalue weighted by Crippen LogP contribution is 2.03. The van der Waals surface area contributed by atoms with E-state index in [0.29, 0.717) is 5.56 Å². The maximum absolute atomic E-state index is 8.74. The van der Waals surface area contributed by atoms with Gasteiger partial charge >= 0.3 is 0 Å². The first-order chi connectivity index (χ1) is 6.74. The Morgan fingerprint density at radius 1 is 1.57 bits per heavy atom. The van der Waals surface area contributed by atoms with Crippen molar-refractivity contribution in [3.05, 3.63) is 35.4 Å². The van der Waals surface area contributed by atoms with Crippen molar-refractivity contribution in [2.75, 3.05) is 0 Å². The SMILES string of the molecule is N#Cc1ccccc1/C=N/NC(N)=S. The lowest BCUT2D eigenvalue weighted by molar-refractivity contribution is 1.04. The lowest BCUT2D eigenvalue weighted by Crippen LogP contribution is -2.24. The van der Waals surface area contributed by atoms with Crippen molar-refractivity contribution in [1.29, 1.82) is 5.26 Å². The lowest BCUT2D eigenvalue weighted by Gasteiger charge is -1.96. The minimum absolute atomic E-state index is 0.0932. The van der Waals surface area contributed by atoms with Gasteiger partial charge in [0.2, 0.25) is 0 Å². The van der Waals surface area contributed by atoms with E-state index in [1.165, 1.54) is 6.21 Å². The second-order valence-corrected chi connectivity index (χ2v) is 2.87. The summed E-state index contributed by atoms with van der Waals surface area (Å²) in [7, 11) is 0. The molecule has 0 saturated heterocycles. The molecule has 0 aliphatic carbocycles. The smallest absolute Gasteiger partial charge is 0.184 e. The van der Waals surface area contributed by atoms with Gasteiger partial charge in [-0.1, -0.05) is 18.2 Å². The molecule has 0 unspecified atom stereocenters. The molecule has 70 valence electrons. The average molecular weight is 204 g/mol. The van der Waals surface area contributed by atoms with E-state index in [-0.39, 0.29) is 5.11 Å². The standard InChI is InChI=1S/C9H8N4S/c10-5-7-3-1-2-4-8(7)6-12-13-9(11)14/h1-4,6H,(H3,11,13,14)/b12-6+. The number of nitrogens with two attached hydrogens (primary N) is 1. The highest BCUT2D eigenvalue weighted by atomic mass is 32.1. The molecule has 14 heavy (non-hydrogen) atoms. The molecule has 5 heteroatoms. The molecule has 1 rings (SSSR count). The highest BCUT2D eigenvalue weighted by molar-refractivity contribution is 7.80. The number of hydrogen-bond donors (Lipinski definition) is 2. The van der Waals surface area contributed by atoms with Gasteiger partial charge in [0.05, 0.1) is 17.8 Å². The number of nitrogens with zero attached hydrogens (tertiary/aromatic N) is 2. The van der Waals surface area contributed by atoms with Crippen LogP contribution >= 0.6 is 12.2 Å². The van der Waals surface area contributed by atoms with Gasteiger partial charge in [0.15, 0.2) is 5.11 Å². The summed E-state index contributed by atoms with van der Waals surface area (Å²) >= 11 is 4.56. The van der Waals surface area contributed by atoms with Crippen LogP contribution in [-0.2, 0) is 0 Å². The Hall–Kier alpha value is -1.93. The third-order valence-electron chi connectivity index (χ3n) is 1.46. The van der Waals surface area contributed by atoms with Crippen LogP contribution in [0.15, 0.2) is 29.4 Å². The van der Waals surface area contributed by atoms with E-state index in [9.17, 15) is 0 Å². The number of hydrogen-bond acceptors (Lipinski definition) is 3. The van der Waals surface area contributed by atoms with E-state index in [2.05, 4.69) is 28.8 Å². The summed E-state index contributed by atoms with van der Waals surface area (Å²) < 4.78 is 0. The first kappa shape index (κ1) is 10.2. The number of nitrogens with one attached hydrogen (secondary N) is 1. The molecule has 1 aromatic rings. The van der Waals surface area contributed by atoms with Crippen LogP contribution in [0.4, 0.5) is 0 Å². The van der Waals surface area contributed by atoms with E-state index in [0.717, 1.165) is 5.56 Å². The van der Waals surface area contributed by atoms with Crippen LogP contribution < -0.4 is 11.2 Å². The molecule has 0 heterocycles. The van der Waals surface area contributed by atoms with E-state index in [4.69, 9.17) is 11.0 Å². The number of nitriles is 1. The maximum atomic E-state index is 8.74. The van der Waals surface area contributed by atoms with Gasteiger partial charge < -0.3 is 5.73 Å². The fraction of sp³-hybridized carbons (Fsp3) is 0. The molecule has 0 amide bonds. The van der Waals surface area contributed by atoms with Crippen LogP contribution in [0.3, 0.4) is 0 Å². The molecule has 0 saturated carbocycles. The zero-order chi connectivity index (χ0) is 10.4. The van der Waals surface area contributed by atoms with Crippen LogP contribution in [0.25, 0.3) is 0 Å². The van der Waals surface area contributed by atoms with Gasteiger partial charge in [-0.2, -0.15) is 10.4 Å². The minimum atomic E-state index is 0.0932. The molecule has 0 aliphatic heterocycles. The van der Waals surface area contributed by atoms with E-state index in [1.54, 1.807) is 18.2 Å². The summed E-state index contributed by atoms with van der Waals surface area (Å²) in [5, 5.41) is 12.6. The van der Waals surface area contributed by atoms with Gasteiger partial charge in [0.1, 0.15) is 0 Å². The fourth-order valence-electron chi connectivity index (χ4n) is 0.877. The Morgan fingerprint density at radius 2 is 2.29 bits per heavy atom. The predicted octanol–water partition coefficient (Wildman–Crippen LogP) is 0.725. The monoisotopic (exact) mass is 204 g/mol. The van der Waals surface area contributed by atoms with Gasteiger partial charge in [-0.05, 0) is 18.3 Å². The van der Waals surface area contributed by atoms with Crippen molar-refractivity contribution in [1.82, 2.24) is 5.43 Å². The molecule has 0 atom stereocenters. The first-order valence-electron chi connectivity index (χ1n) is 3.81. The number of thiocarbonyl (C=S) groups is 1. The summed E-state index contributed by atoms with van der Waals surface area (Å²) in [6.07, 6.45) is 1.50. The van der Waals surface area contributed by atoms with E-state index in [1.807, 2.05) is 6.07 Å². The summed E-state index contributed by atoms with van der Waals surface area (Å²) in [4.78, 5) is 0. The zero-order valence-electron chi connectivity index (χ0n) is 7.27. The normalized spacial score (nSPS) is 9.64. The number of benzene rings is 1. The van der Waals surface area contributed by atoms with Crippen LogP contribution in [0, 0.1) is 11.3 Å². The first-order valence-corrected chi connectivity index (χ1v) is 4.22. The summed E-state index contributed by atoms with van der Waals surface area (Å²) in [5.74, 6) is 0. The molecule has 0 spiro atoms. The highest BCUT2D eigenvalue weighted by Gasteiger charge is 1.95. The Labute approximate surface area is 87.0 Å². The fourth-order valence-corrected chi connectivity index (χ4v) is 0.930. The molecular formula is C9H8N4S. The molecular weight excluding hydrogens is 196 g/mol. The summed E-state index contributed by atoms with van der Waals surface area (Å²) in [5.41, 5.74) is 8.86. The maximum Gasteiger partial charge on any atom is 0.184 e. The van der Waals surface area contributed by atoms with Crippen LogP contribution in [0.1, 0.15) is 11.1 Å². The average Bonchev–Trinajstić information content (AvgIpc) is 2.18. The topological polar surface area (TPSA) is 74.2 Å². The summed E-state index contributed by atoms with van der Waals surface area (Å²) in [6, 6.07) is 9.15. The van der Waals surface area contributed by atoms with Gasteiger partial charge in [-0.15, -0.1) is 0 Å². The Kier molecular flexibility index (Phi) is 3.58. The number of hydrazone groups is 1. The van der Waals surface area contributed by atoms with E-state index < -0.39 is 0 Å². The van der Waals surface area contributed by atoms with Crippen LogP contribution in [0.2, 0.25) is 0 Å². The Balaban J connectivity index is 2.81. The quantitative estimate of drug-likeness (QED) is 0.423. The van der Waals surface area contributed by atoms with Crippen LogP contribution in [-0.4, -0.2) is 11.3 Å². The lowest BCUT2D eigenvalue weighted by atomic mass is 10.1. The third kappa shape index (κ3) is 2.84. The van der Waals surface area contributed by atoms with Crippen molar-refractivity contribution in [3.63, 3.8) is 0 Å². The van der Waals surface area contributed by atoms with E-state index >= 15 is 0 Å². The molecule has 0 radical (unpaired) electrons. The van der Waals surface area contributed by atoms with Gasteiger partial charge in [0.25, 0.3) is 0 Å². The minimum Gasteiger partial charge on any atom is -0.375 e. The van der Waals surface area contributed by atoms with Crippen LogP contribution in [0.5, 0.6) is 0 Å². The largest absolute Gasteiger partial charge is 0.375 e. The molecule has 3 N–H and O–H groups in total. The van der Waals surface area contributed by atoms with Crippen molar-refractivity contribution >= 4 is 23.5 Å². The second kappa shape index (κ2) is 4.94. The Bertz CT molecular complexity index is 406.